The lowest BCUT2D eigenvalue weighted by Crippen LogP contribution is -2.12. The van der Waals surface area contributed by atoms with Gasteiger partial charge >= 0.3 is 10.1 Å². The van der Waals surface area contributed by atoms with Crippen molar-refractivity contribution in [2.75, 3.05) is 0 Å². The van der Waals surface area contributed by atoms with E-state index in [1.807, 2.05) is 32.9 Å². The van der Waals surface area contributed by atoms with Gasteiger partial charge in [-0.25, -0.2) is 4.98 Å². The Morgan fingerprint density at radius 2 is 1.95 bits per heavy atom. The van der Waals surface area contributed by atoms with Gasteiger partial charge in [0.15, 0.2) is 0 Å². The number of aryl methyl sites for hydroxylation is 1. The molecule has 2 rings (SSSR count). The van der Waals surface area contributed by atoms with Crippen LogP contribution in [0.5, 0.6) is 5.75 Å². The number of nitrogens with zero attached hydrogens (tertiary/aromatic N) is 1. The third-order valence-electron chi connectivity index (χ3n) is 3.05. The molecule has 7 heteroatoms. The quantitative estimate of drug-likeness (QED) is 0.547. The third kappa shape index (κ3) is 3.80. The monoisotopic (exact) mass is 403 g/mol. The minimum absolute atomic E-state index is 0.0556. The average molecular weight is 405 g/mol. The molecule has 0 atom stereocenters. The molecule has 0 unspecified atom stereocenters. The predicted octanol–water partition coefficient (Wildman–Crippen LogP) is 4.70. The van der Waals surface area contributed by atoms with Crippen molar-refractivity contribution in [2.24, 2.45) is 0 Å². The summed E-state index contributed by atoms with van der Waals surface area (Å²) in [5, 5.41) is 0.192. The van der Waals surface area contributed by atoms with Crippen molar-refractivity contribution < 1.29 is 12.6 Å². The first-order valence-electron chi connectivity index (χ1n) is 6.57. The molecule has 0 amide bonds. The van der Waals surface area contributed by atoms with E-state index in [0.29, 0.717) is 10.2 Å². The highest BCUT2D eigenvalue weighted by molar-refractivity contribution is 9.10. The maximum atomic E-state index is 12.4. The number of pyridine rings is 1. The van der Waals surface area contributed by atoms with Crippen molar-refractivity contribution in [3.05, 3.63) is 51.2 Å². The summed E-state index contributed by atoms with van der Waals surface area (Å²) in [4.78, 5) is 3.77. The maximum Gasteiger partial charge on any atom is 0.340 e. The van der Waals surface area contributed by atoms with Crippen molar-refractivity contribution >= 4 is 37.6 Å². The number of aromatic nitrogens is 1. The van der Waals surface area contributed by atoms with E-state index in [9.17, 15) is 8.42 Å². The third-order valence-corrected chi connectivity index (χ3v) is 5.38. The van der Waals surface area contributed by atoms with E-state index >= 15 is 0 Å². The summed E-state index contributed by atoms with van der Waals surface area (Å²) in [6.45, 7) is 5.83. The Kier molecular flexibility index (Phi) is 5.14. The Labute approximate surface area is 143 Å². The predicted molar refractivity (Wildman–Crippen MR) is 90.0 cm³/mol. The number of benzene rings is 1. The Hall–Kier alpha value is -1.11. The van der Waals surface area contributed by atoms with Gasteiger partial charge in [0.25, 0.3) is 0 Å². The van der Waals surface area contributed by atoms with Gasteiger partial charge in [-0.3, -0.25) is 0 Å². The zero-order valence-corrected chi connectivity index (χ0v) is 15.5. The Morgan fingerprint density at radius 3 is 2.55 bits per heavy atom. The standard InChI is InChI=1S/C15H15BrClNO3S/c1-9(2)12-5-4-10(3)6-14(12)21-22(19,20)11-7-13(16)15(17)18-8-11/h4-9H,1-3H3. The van der Waals surface area contributed by atoms with Crippen LogP contribution in [0.25, 0.3) is 0 Å². The van der Waals surface area contributed by atoms with Gasteiger partial charge in [-0.2, -0.15) is 8.42 Å². The zero-order valence-electron chi connectivity index (χ0n) is 12.3. The second-order valence-corrected chi connectivity index (χ2v) is 7.94. The van der Waals surface area contributed by atoms with Gasteiger partial charge in [-0.05, 0) is 52.0 Å². The fraction of sp³-hybridized carbons (Fsp3) is 0.267. The number of hydrogen-bond donors (Lipinski definition) is 0. The molecule has 4 nitrogen and oxygen atoms in total. The molecule has 0 bridgehead atoms. The normalized spacial score (nSPS) is 11.7. The van der Waals surface area contributed by atoms with Gasteiger partial charge in [0, 0.05) is 0 Å². The van der Waals surface area contributed by atoms with Crippen molar-refractivity contribution in [1.29, 1.82) is 0 Å². The first-order valence-corrected chi connectivity index (χ1v) is 9.14. The molecule has 0 saturated carbocycles. The van der Waals surface area contributed by atoms with E-state index < -0.39 is 10.1 Å². The second-order valence-electron chi connectivity index (χ2n) is 5.18. The van der Waals surface area contributed by atoms with Crippen molar-refractivity contribution in [3.63, 3.8) is 0 Å². The van der Waals surface area contributed by atoms with Crippen LogP contribution in [0.15, 0.2) is 39.8 Å². The molecule has 2 aromatic rings. The fourth-order valence-corrected chi connectivity index (χ4v) is 3.42. The lowest BCUT2D eigenvalue weighted by Gasteiger charge is -2.14. The minimum Gasteiger partial charge on any atom is -0.379 e. The highest BCUT2D eigenvalue weighted by atomic mass is 79.9. The van der Waals surface area contributed by atoms with Crippen LogP contribution in [-0.2, 0) is 10.1 Å². The lowest BCUT2D eigenvalue weighted by atomic mass is 10.0. The molecule has 0 radical (unpaired) electrons. The second kappa shape index (κ2) is 6.56. The van der Waals surface area contributed by atoms with Crippen molar-refractivity contribution in [1.82, 2.24) is 4.98 Å². The van der Waals surface area contributed by atoms with E-state index in [0.717, 1.165) is 11.1 Å². The molecule has 0 fully saturated rings. The van der Waals surface area contributed by atoms with Crippen molar-refractivity contribution in [2.45, 2.75) is 31.6 Å². The molecule has 0 aliphatic heterocycles. The molecule has 1 aromatic heterocycles. The topological polar surface area (TPSA) is 56.3 Å². The van der Waals surface area contributed by atoms with Crippen LogP contribution in [0.3, 0.4) is 0 Å². The molecule has 0 N–H and O–H groups in total. The fourth-order valence-electron chi connectivity index (χ4n) is 1.90. The van der Waals surface area contributed by atoms with Crippen LogP contribution in [0, 0.1) is 6.92 Å². The molecule has 22 heavy (non-hydrogen) atoms. The lowest BCUT2D eigenvalue weighted by molar-refractivity contribution is 0.480. The first kappa shape index (κ1) is 17.2. The van der Waals surface area contributed by atoms with Gasteiger partial charge < -0.3 is 4.18 Å². The molecule has 118 valence electrons. The Bertz CT molecular complexity index is 806. The van der Waals surface area contributed by atoms with Crippen LogP contribution >= 0.6 is 27.5 Å². The largest absolute Gasteiger partial charge is 0.379 e. The molecule has 1 heterocycles. The molecule has 1 aromatic carbocycles. The van der Waals surface area contributed by atoms with Gasteiger partial charge in [-0.1, -0.05) is 37.6 Å². The average Bonchev–Trinajstić information content (AvgIpc) is 2.41. The van der Waals surface area contributed by atoms with Crippen LogP contribution in [0.2, 0.25) is 5.15 Å². The van der Waals surface area contributed by atoms with Crippen LogP contribution < -0.4 is 4.18 Å². The molecule has 0 saturated heterocycles. The summed E-state index contributed by atoms with van der Waals surface area (Å²) in [7, 11) is -3.98. The molecule has 0 spiro atoms. The van der Waals surface area contributed by atoms with E-state index in [1.54, 1.807) is 6.07 Å². The van der Waals surface area contributed by atoms with E-state index in [2.05, 4.69) is 20.9 Å². The smallest absolute Gasteiger partial charge is 0.340 e. The van der Waals surface area contributed by atoms with Crippen LogP contribution in [0.4, 0.5) is 0 Å². The summed E-state index contributed by atoms with van der Waals surface area (Å²) in [6.07, 6.45) is 1.17. The number of halogens is 2. The van der Waals surface area contributed by atoms with Gasteiger partial charge in [0.1, 0.15) is 15.8 Å². The summed E-state index contributed by atoms with van der Waals surface area (Å²) >= 11 is 8.94. The van der Waals surface area contributed by atoms with Gasteiger partial charge in [-0.15, -0.1) is 0 Å². The van der Waals surface area contributed by atoms with Gasteiger partial charge in [0.2, 0.25) is 0 Å². The Balaban J connectivity index is 2.44. The Morgan fingerprint density at radius 1 is 1.27 bits per heavy atom. The zero-order chi connectivity index (χ0) is 16.5. The molecule has 0 aliphatic carbocycles. The SMILES string of the molecule is Cc1ccc(C(C)C)c(OS(=O)(=O)c2cnc(Cl)c(Br)c2)c1. The summed E-state index contributed by atoms with van der Waals surface area (Å²) in [5.41, 5.74) is 1.75. The van der Waals surface area contributed by atoms with E-state index in [-0.39, 0.29) is 16.0 Å². The summed E-state index contributed by atoms with van der Waals surface area (Å²) in [6, 6.07) is 6.89. The van der Waals surface area contributed by atoms with E-state index in [4.69, 9.17) is 15.8 Å². The van der Waals surface area contributed by atoms with Crippen molar-refractivity contribution in [3.8, 4) is 5.75 Å². The number of hydrogen-bond acceptors (Lipinski definition) is 4. The summed E-state index contributed by atoms with van der Waals surface area (Å²) < 4.78 is 30.6. The van der Waals surface area contributed by atoms with Crippen LogP contribution in [-0.4, -0.2) is 13.4 Å². The highest BCUT2D eigenvalue weighted by Crippen LogP contribution is 2.31. The highest BCUT2D eigenvalue weighted by Gasteiger charge is 2.21. The molecule has 0 aliphatic rings. The summed E-state index contributed by atoms with van der Waals surface area (Å²) in [5.74, 6) is 0.474. The molecular weight excluding hydrogens is 390 g/mol. The van der Waals surface area contributed by atoms with Gasteiger partial charge in [0.05, 0.1) is 10.7 Å². The molecular formula is C15H15BrClNO3S. The number of rotatable bonds is 4. The maximum absolute atomic E-state index is 12.4. The minimum atomic E-state index is -3.98. The first-order chi connectivity index (χ1) is 10.2. The van der Waals surface area contributed by atoms with Crippen LogP contribution in [0.1, 0.15) is 30.9 Å². The van der Waals surface area contributed by atoms with E-state index in [1.165, 1.54) is 12.3 Å².